The lowest BCUT2D eigenvalue weighted by molar-refractivity contribution is 0.0942. The number of carbonyl (C=O) groups is 1. The van der Waals surface area contributed by atoms with Crippen molar-refractivity contribution in [1.82, 2.24) is 10.3 Å². The maximum Gasteiger partial charge on any atom is 0.252 e. The summed E-state index contributed by atoms with van der Waals surface area (Å²) in [5.41, 5.74) is 3.42. The number of amides is 1. The van der Waals surface area contributed by atoms with Gasteiger partial charge in [0.25, 0.3) is 5.91 Å². The number of aromatic nitrogens is 1. The summed E-state index contributed by atoms with van der Waals surface area (Å²) in [6.07, 6.45) is 0. The summed E-state index contributed by atoms with van der Waals surface area (Å²) in [6, 6.07) is 25.8. The molecule has 1 amide bonds. The molecule has 0 fully saturated rings. The van der Waals surface area contributed by atoms with Crippen LogP contribution in [-0.2, 0) is 0 Å². The Hall–Kier alpha value is -3.66. The van der Waals surface area contributed by atoms with Crippen molar-refractivity contribution < 1.29 is 9.90 Å². The summed E-state index contributed by atoms with van der Waals surface area (Å²) in [7, 11) is 0. The molecule has 4 nitrogen and oxygen atoms in total. The second-order valence-corrected chi connectivity index (χ2v) is 6.71. The fourth-order valence-corrected chi connectivity index (χ4v) is 3.31. The number of carbonyl (C=O) groups excluding carboxylic acids is 1. The molecule has 4 heteroatoms. The zero-order valence-corrected chi connectivity index (χ0v) is 15.5. The van der Waals surface area contributed by atoms with Crippen molar-refractivity contribution in [3.05, 3.63) is 107 Å². The number of aromatic hydroxyl groups is 1. The monoisotopic (exact) mass is 368 g/mol. The molecule has 0 saturated carbocycles. The van der Waals surface area contributed by atoms with E-state index in [-0.39, 0.29) is 11.7 Å². The average Bonchev–Trinajstić information content (AvgIpc) is 2.74. The van der Waals surface area contributed by atoms with Crippen LogP contribution in [0.15, 0.2) is 84.9 Å². The summed E-state index contributed by atoms with van der Waals surface area (Å²) in [6.45, 7) is 1.89. The molecule has 28 heavy (non-hydrogen) atoms. The quantitative estimate of drug-likeness (QED) is 0.545. The normalized spacial score (nSPS) is 11.9. The molecule has 138 valence electrons. The number of hydrogen-bond donors (Lipinski definition) is 2. The van der Waals surface area contributed by atoms with E-state index in [9.17, 15) is 9.90 Å². The topological polar surface area (TPSA) is 62.2 Å². The molecule has 0 aliphatic rings. The van der Waals surface area contributed by atoms with Gasteiger partial charge in [-0.25, -0.2) is 4.98 Å². The van der Waals surface area contributed by atoms with Crippen LogP contribution in [0.1, 0.15) is 33.2 Å². The molecular weight excluding hydrogens is 348 g/mol. The van der Waals surface area contributed by atoms with Crippen LogP contribution >= 0.6 is 0 Å². The molecule has 1 unspecified atom stereocenters. The van der Waals surface area contributed by atoms with Crippen LogP contribution in [0.5, 0.6) is 5.75 Å². The van der Waals surface area contributed by atoms with Gasteiger partial charge in [0, 0.05) is 22.2 Å². The molecule has 1 heterocycles. The van der Waals surface area contributed by atoms with Crippen LogP contribution in [0.3, 0.4) is 0 Å². The second kappa shape index (κ2) is 7.53. The van der Waals surface area contributed by atoms with Crippen LogP contribution in [0.25, 0.3) is 10.9 Å². The number of phenolic OH excluding ortho intramolecular Hbond substituents is 1. The molecule has 0 spiro atoms. The first kappa shape index (κ1) is 17.7. The minimum Gasteiger partial charge on any atom is -0.505 e. The third-order valence-electron chi connectivity index (χ3n) is 4.76. The van der Waals surface area contributed by atoms with E-state index in [0.29, 0.717) is 16.6 Å². The van der Waals surface area contributed by atoms with E-state index >= 15 is 0 Å². The smallest absolute Gasteiger partial charge is 0.252 e. The summed E-state index contributed by atoms with van der Waals surface area (Å²) in [5, 5.41) is 14.9. The number of aryl methyl sites for hydroxylation is 1. The van der Waals surface area contributed by atoms with Gasteiger partial charge in [0.05, 0.1) is 6.04 Å². The van der Waals surface area contributed by atoms with E-state index in [1.807, 2.05) is 79.7 Å². The van der Waals surface area contributed by atoms with Gasteiger partial charge in [0.2, 0.25) is 0 Å². The Morgan fingerprint density at radius 1 is 0.893 bits per heavy atom. The highest BCUT2D eigenvalue weighted by atomic mass is 16.3. The van der Waals surface area contributed by atoms with E-state index in [0.717, 1.165) is 16.6 Å². The lowest BCUT2D eigenvalue weighted by Crippen LogP contribution is -2.29. The first-order chi connectivity index (χ1) is 13.6. The molecule has 0 radical (unpaired) electrons. The molecule has 4 aromatic rings. The third kappa shape index (κ3) is 3.45. The number of phenols is 1. The Morgan fingerprint density at radius 3 is 2.25 bits per heavy atom. The highest BCUT2D eigenvalue weighted by Crippen LogP contribution is 2.34. The predicted octanol–water partition coefficient (Wildman–Crippen LogP) is 4.77. The third-order valence-corrected chi connectivity index (χ3v) is 4.76. The van der Waals surface area contributed by atoms with Gasteiger partial charge in [-0.3, -0.25) is 4.79 Å². The highest BCUT2D eigenvalue weighted by Gasteiger charge is 2.22. The van der Waals surface area contributed by atoms with E-state index in [1.54, 1.807) is 12.1 Å². The van der Waals surface area contributed by atoms with Gasteiger partial charge in [0.1, 0.15) is 11.3 Å². The average molecular weight is 368 g/mol. The molecule has 2 N–H and O–H groups in total. The van der Waals surface area contributed by atoms with Gasteiger partial charge in [-0.2, -0.15) is 0 Å². The lowest BCUT2D eigenvalue weighted by atomic mass is 9.96. The van der Waals surface area contributed by atoms with Crippen LogP contribution in [0.2, 0.25) is 0 Å². The molecule has 1 aromatic heterocycles. The Labute approximate surface area is 163 Å². The predicted molar refractivity (Wildman–Crippen MR) is 110 cm³/mol. The minimum absolute atomic E-state index is 0.0865. The van der Waals surface area contributed by atoms with Gasteiger partial charge >= 0.3 is 0 Å². The Balaban J connectivity index is 1.81. The first-order valence-corrected chi connectivity index (χ1v) is 9.13. The van der Waals surface area contributed by atoms with Gasteiger partial charge in [-0.05, 0) is 30.7 Å². The molecule has 0 aliphatic heterocycles. The highest BCUT2D eigenvalue weighted by molar-refractivity contribution is 5.95. The zero-order valence-electron chi connectivity index (χ0n) is 15.5. The minimum atomic E-state index is -0.499. The molecule has 4 rings (SSSR count). The number of nitrogens with one attached hydrogen (secondary N) is 1. The Morgan fingerprint density at radius 2 is 1.54 bits per heavy atom. The SMILES string of the molecule is Cc1ccc2ccc(C(NC(=O)c3ccccc3)c3ccccc3)c(O)c2n1. The molecular formula is C24H20N2O2. The fourth-order valence-electron chi connectivity index (χ4n) is 3.31. The molecule has 0 bridgehead atoms. The molecule has 0 saturated heterocycles. The van der Waals surface area contributed by atoms with Crippen molar-refractivity contribution in [2.75, 3.05) is 0 Å². The summed E-state index contributed by atoms with van der Waals surface area (Å²) >= 11 is 0. The van der Waals surface area contributed by atoms with Gasteiger partial charge in [0.15, 0.2) is 0 Å². The Kier molecular flexibility index (Phi) is 4.77. The van der Waals surface area contributed by atoms with E-state index in [4.69, 9.17) is 0 Å². The number of nitrogens with zero attached hydrogens (tertiary/aromatic N) is 1. The summed E-state index contributed by atoms with van der Waals surface area (Å²) in [5.74, 6) is -0.116. The van der Waals surface area contributed by atoms with Crippen molar-refractivity contribution >= 4 is 16.8 Å². The number of benzene rings is 3. The number of rotatable bonds is 4. The fraction of sp³-hybridized carbons (Fsp3) is 0.0833. The molecule has 0 aliphatic carbocycles. The number of pyridine rings is 1. The van der Waals surface area contributed by atoms with Crippen LogP contribution in [0.4, 0.5) is 0 Å². The van der Waals surface area contributed by atoms with Gasteiger partial charge < -0.3 is 10.4 Å². The maximum absolute atomic E-state index is 12.8. The van der Waals surface area contributed by atoms with Crippen molar-refractivity contribution in [2.24, 2.45) is 0 Å². The lowest BCUT2D eigenvalue weighted by Gasteiger charge is -2.21. The maximum atomic E-state index is 12.8. The van der Waals surface area contributed by atoms with Crippen molar-refractivity contribution in [3.63, 3.8) is 0 Å². The molecule has 1 atom stereocenters. The second-order valence-electron chi connectivity index (χ2n) is 6.71. The number of fused-ring (bicyclic) bond motifs is 1. The summed E-state index contributed by atoms with van der Waals surface area (Å²) in [4.78, 5) is 17.3. The van der Waals surface area contributed by atoms with Crippen LogP contribution in [0, 0.1) is 6.92 Å². The largest absolute Gasteiger partial charge is 0.505 e. The van der Waals surface area contributed by atoms with Crippen LogP contribution in [-0.4, -0.2) is 16.0 Å². The molecule has 3 aromatic carbocycles. The van der Waals surface area contributed by atoms with E-state index < -0.39 is 6.04 Å². The van der Waals surface area contributed by atoms with Crippen molar-refractivity contribution in [1.29, 1.82) is 0 Å². The standard InChI is InChI=1S/C24H20N2O2/c1-16-12-13-18-14-15-20(23(27)22(18)25-16)21(17-8-4-2-5-9-17)26-24(28)19-10-6-3-7-11-19/h2-15,21,27H,1H3,(H,26,28). The van der Waals surface area contributed by atoms with Crippen molar-refractivity contribution in [3.8, 4) is 5.75 Å². The first-order valence-electron chi connectivity index (χ1n) is 9.13. The van der Waals surface area contributed by atoms with Crippen LogP contribution < -0.4 is 5.32 Å². The Bertz CT molecular complexity index is 1130. The van der Waals surface area contributed by atoms with Gasteiger partial charge in [-0.15, -0.1) is 0 Å². The van der Waals surface area contributed by atoms with Gasteiger partial charge in [-0.1, -0.05) is 66.7 Å². The number of hydrogen-bond acceptors (Lipinski definition) is 3. The van der Waals surface area contributed by atoms with E-state index in [2.05, 4.69) is 10.3 Å². The zero-order chi connectivity index (χ0) is 19.5. The van der Waals surface area contributed by atoms with E-state index in [1.165, 1.54) is 0 Å². The summed E-state index contributed by atoms with van der Waals surface area (Å²) < 4.78 is 0. The van der Waals surface area contributed by atoms with Crippen molar-refractivity contribution in [2.45, 2.75) is 13.0 Å².